The molecule has 0 unspecified atom stereocenters. The monoisotopic (exact) mass is 296 g/mol. The smallest absolute Gasteiger partial charge is 0.341 e. The molecule has 0 radical (unpaired) electrons. The van der Waals surface area contributed by atoms with Crippen molar-refractivity contribution in [3.05, 3.63) is 35.9 Å². The molecule has 6 nitrogen and oxygen atoms in total. The summed E-state index contributed by atoms with van der Waals surface area (Å²) >= 11 is 0. The van der Waals surface area contributed by atoms with Crippen LogP contribution < -0.4 is 4.74 Å². The van der Waals surface area contributed by atoms with Gasteiger partial charge < -0.3 is 9.47 Å². The SMILES string of the molecule is COC(=O)c1cc(S(=O)(=O)O)c2ccccc2c1OC. The number of hydrogen-bond acceptors (Lipinski definition) is 5. The predicted molar refractivity (Wildman–Crippen MR) is 71.7 cm³/mol. The van der Waals surface area contributed by atoms with E-state index in [0.29, 0.717) is 5.39 Å². The van der Waals surface area contributed by atoms with Crippen molar-refractivity contribution in [2.45, 2.75) is 4.90 Å². The number of rotatable bonds is 3. The van der Waals surface area contributed by atoms with Crippen LogP contribution in [-0.4, -0.2) is 33.2 Å². The van der Waals surface area contributed by atoms with Crippen LogP contribution in [0.4, 0.5) is 0 Å². The molecule has 0 fully saturated rings. The Labute approximate surface area is 115 Å². The fraction of sp³-hybridized carbons (Fsp3) is 0.154. The van der Waals surface area contributed by atoms with Crippen molar-refractivity contribution in [1.29, 1.82) is 0 Å². The van der Waals surface area contributed by atoms with Gasteiger partial charge in [0.1, 0.15) is 16.2 Å². The first-order chi connectivity index (χ1) is 9.40. The zero-order valence-electron chi connectivity index (χ0n) is 10.8. The van der Waals surface area contributed by atoms with Gasteiger partial charge in [-0.25, -0.2) is 4.79 Å². The highest BCUT2D eigenvalue weighted by Crippen LogP contribution is 2.34. The Morgan fingerprint density at radius 2 is 1.75 bits per heavy atom. The molecule has 0 heterocycles. The largest absolute Gasteiger partial charge is 0.495 e. The maximum Gasteiger partial charge on any atom is 0.341 e. The molecule has 0 saturated carbocycles. The van der Waals surface area contributed by atoms with Crippen LogP contribution in [0.2, 0.25) is 0 Å². The molecular formula is C13H12O6S. The van der Waals surface area contributed by atoms with Crippen LogP contribution in [0.5, 0.6) is 5.75 Å². The molecule has 0 aliphatic heterocycles. The van der Waals surface area contributed by atoms with Gasteiger partial charge in [0.25, 0.3) is 10.1 Å². The van der Waals surface area contributed by atoms with Gasteiger partial charge in [0.05, 0.1) is 14.2 Å². The molecule has 7 heteroatoms. The predicted octanol–water partition coefficient (Wildman–Crippen LogP) is 1.88. The van der Waals surface area contributed by atoms with Crippen LogP contribution in [0, 0.1) is 0 Å². The van der Waals surface area contributed by atoms with Crippen molar-refractivity contribution in [2.24, 2.45) is 0 Å². The molecule has 106 valence electrons. The van der Waals surface area contributed by atoms with Gasteiger partial charge in [0, 0.05) is 10.8 Å². The van der Waals surface area contributed by atoms with Crippen molar-refractivity contribution >= 4 is 26.9 Å². The maximum atomic E-state index is 11.7. The first-order valence-electron chi connectivity index (χ1n) is 5.55. The molecule has 1 N–H and O–H groups in total. The number of carbonyl (C=O) groups excluding carboxylic acids is 1. The first kappa shape index (κ1) is 14.3. The molecule has 0 amide bonds. The first-order valence-corrected chi connectivity index (χ1v) is 6.99. The zero-order valence-corrected chi connectivity index (χ0v) is 11.6. The molecule has 2 aromatic carbocycles. The number of carbonyl (C=O) groups is 1. The van der Waals surface area contributed by atoms with Gasteiger partial charge in [0.15, 0.2) is 0 Å². The minimum Gasteiger partial charge on any atom is -0.495 e. The Bertz CT molecular complexity index is 779. The quantitative estimate of drug-likeness (QED) is 0.687. The summed E-state index contributed by atoms with van der Waals surface area (Å²) in [4.78, 5) is 11.4. The molecule has 0 aliphatic rings. The lowest BCUT2D eigenvalue weighted by Crippen LogP contribution is -2.08. The van der Waals surface area contributed by atoms with E-state index in [1.807, 2.05) is 0 Å². The second-order valence-corrected chi connectivity index (χ2v) is 5.36. The molecule has 20 heavy (non-hydrogen) atoms. The highest BCUT2D eigenvalue weighted by atomic mass is 32.2. The summed E-state index contributed by atoms with van der Waals surface area (Å²) in [5, 5.41) is 0.657. The molecule has 0 aliphatic carbocycles. The van der Waals surface area contributed by atoms with Crippen molar-refractivity contribution < 1.29 is 27.2 Å². The van der Waals surface area contributed by atoms with Crippen LogP contribution >= 0.6 is 0 Å². The molecule has 0 spiro atoms. The Morgan fingerprint density at radius 3 is 2.25 bits per heavy atom. The van der Waals surface area contributed by atoms with Gasteiger partial charge in [-0.3, -0.25) is 4.55 Å². The lowest BCUT2D eigenvalue weighted by atomic mass is 10.1. The number of esters is 1. The maximum absolute atomic E-state index is 11.7. The average Bonchev–Trinajstić information content (AvgIpc) is 2.43. The summed E-state index contributed by atoms with van der Waals surface area (Å²) in [6.07, 6.45) is 0. The van der Waals surface area contributed by atoms with E-state index in [-0.39, 0.29) is 21.6 Å². The van der Waals surface area contributed by atoms with Crippen molar-refractivity contribution in [3.63, 3.8) is 0 Å². The van der Waals surface area contributed by atoms with Crippen LogP contribution in [0.15, 0.2) is 35.2 Å². The van der Waals surface area contributed by atoms with Crippen molar-refractivity contribution in [2.75, 3.05) is 14.2 Å². The second kappa shape index (κ2) is 5.10. The average molecular weight is 296 g/mol. The fourth-order valence-electron chi connectivity index (χ4n) is 2.01. The number of benzene rings is 2. The summed E-state index contributed by atoms with van der Waals surface area (Å²) in [6.45, 7) is 0. The normalized spacial score (nSPS) is 11.3. The summed E-state index contributed by atoms with van der Waals surface area (Å²) in [6, 6.07) is 7.44. The standard InChI is InChI=1S/C13H12O6S/c1-18-12-9-6-4-3-5-8(9)11(20(15,16)17)7-10(12)13(14)19-2/h3-7H,1-2H3,(H,15,16,17). The minimum atomic E-state index is -4.48. The fourth-order valence-corrected chi connectivity index (χ4v) is 2.73. The van der Waals surface area contributed by atoms with E-state index < -0.39 is 16.1 Å². The van der Waals surface area contributed by atoms with Gasteiger partial charge in [-0.1, -0.05) is 24.3 Å². The van der Waals surface area contributed by atoms with E-state index in [2.05, 4.69) is 4.74 Å². The van der Waals surface area contributed by atoms with Gasteiger partial charge in [0.2, 0.25) is 0 Å². The lowest BCUT2D eigenvalue weighted by molar-refractivity contribution is 0.0597. The third-order valence-electron chi connectivity index (χ3n) is 2.84. The van der Waals surface area contributed by atoms with Gasteiger partial charge in [-0.15, -0.1) is 0 Å². The Morgan fingerprint density at radius 1 is 1.15 bits per heavy atom. The van der Waals surface area contributed by atoms with Crippen molar-refractivity contribution in [1.82, 2.24) is 0 Å². The van der Waals surface area contributed by atoms with Crippen LogP contribution in [0.25, 0.3) is 10.8 Å². The third kappa shape index (κ3) is 2.33. The highest BCUT2D eigenvalue weighted by Gasteiger charge is 2.23. The number of fused-ring (bicyclic) bond motifs is 1. The van der Waals surface area contributed by atoms with Crippen LogP contribution in [0.1, 0.15) is 10.4 Å². The summed E-state index contributed by atoms with van der Waals surface area (Å²) in [5.41, 5.74) is -0.0682. The Hall–Kier alpha value is -2.12. The topological polar surface area (TPSA) is 89.9 Å². The molecular weight excluding hydrogens is 284 g/mol. The molecule has 2 aromatic rings. The molecule has 0 aromatic heterocycles. The van der Waals surface area contributed by atoms with E-state index in [0.717, 1.165) is 6.07 Å². The number of hydrogen-bond donors (Lipinski definition) is 1. The Kier molecular flexibility index (Phi) is 3.65. The molecule has 0 bridgehead atoms. The Balaban J connectivity index is 2.98. The van der Waals surface area contributed by atoms with Gasteiger partial charge in [-0.2, -0.15) is 8.42 Å². The van der Waals surface area contributed by atoms with E-state index in [9.17, 15) is 17.8 Å². The van der Waals surface area contributed by atoms with Crippen molar-refractivity contribution in [3.8, 4) is 5.75 Å². The van der Waals surface area contributed by atoms with E-state index >= 15 is 0 Å². The summed E-state index contributed by atoms with van der Waals surface area (Å²) < 4.78 is 42.0. The highest BCUT2D eigenvalue weighted by molar-refractivity contribution is 7.86. The second-order valence-electron chi connectivity index (χ2n) is 3.97. The van der Waals surface area contributed by atoms with E-state index in [1.165, 1.54) is 20.3 Å². The lowest BCUT2D eigenvalue weighted by Gasteiger charge is -2.13. The third-order valence-corrected chi connectivity index (χ3v) is 3.74. The van der Waals surface area contributed by atoms with Crippen LogP contribution in [0.3, 0.4) is 0 Å². The minimum absolute atomic E-state index is 0.0682. The molecule has 0 atom stereocenters. The molecule has 0 saturated heterocycles. The molecule has 2 rings (SSSR count). The van der Waals surface area contributed by atoms with Gasteiger partial charge >= 0.3 is 5.97 Å². The van der Waals surface area contributed by atoms with Gasteiger partial charge in [-0.05, 0) is 6.07 Å². The summed E-state index contributed by atoms with van der Waals surface area (Å²) in [7, 11) is -1.95. The number of methoxy groups -OCH3 is 2. The van der Waals surface area contributed by atoms with E-state index in [4.69, 9.17) is 4.74 Å². The van der Waals surface area contributed by atoms with E-state index in [1.54, 1.807) is 18.2 Å². The zero-order chi connectivity index (χ0) is 14.9. The van der Waals surface area contributed by atoms with Crippen LogP contribution in [-0.2, 0) is 14.9 Å². The number of ether oxygens (including phenoxy) is 2. The summed E-state index contributed by atoms with van der Waals surface area (Å²) in [5.74, 6) is -0.558.